The van der Waals surface area contributed by atoms with Crippen molar-refractivity contribution < 1.29 is 22.3 Å². The van der Waals surface area contributed by atoms with Crippen molar-refractivity contribution in [3.8, 4) is 5.75 Å². The van der Waals surface area contributed by atoms with Crippen molar-refractivity contribution in [2.24, 2.45) is 0 Å². The number of nitrogens with zero attached hydrogens (tertiary/aromatic N) is 1. The third-order valence-corrected chi connectivity index (χ3v) is 6.54. The molecule has 0 saturated heterocycles. The molecule has 0 aliphatic rings. The lowest BCUT2D eigenvalue weighted by atomic mass is 10.0. The molecule has 3 aromatic rings. The number of hydrogen-bond acceptors (Lipinski definition) is 4. The molecule has 3 rings (SSSR count). The molecule has 180 valence electrons. The van der Waals surface area contributed by atoms with Crippen LogP contribution >= 0.6 is 0 Å². The minimum Gasteiger partial charge on any atom is -0.484 e. The SMILES string of the molecule is CCc1cccc(CC)c1NC(=O)COc1ccc(N(Cc2ccc(F)cc2)S(C)(=O)=O)cc1. The lowest BCUT2D eigenvalue weighted by molar-refractivity contribution is -0.118. The van der Waals surface area contributed by atoms with Crippen LogP contribution in [0.4, 0.5) is 15.8 Å². The van der Waals surface area contributed by atoms with E-state index in [1.165, 1.54) is 16.4 Å². The number of carbonyl (C=O) groups is 1. The maximum Gasteiger partial charge on any atom is 0.262 e. The highest BCUT2D eigenvalue weighted by Gasteiger charge is 2.18. The third-order valence-electron chi connectivity index (χ3n) is 5.40. The van der Waals surface area contributed by atoms with Gasteiger partial charge in [0.15, 0.2) is 6.61 Å². The normalized spacial score (nSPS) is 11.2. The number of halogens is 1. The largest absolute Gasteiger partial charge is 0.484 e. The number of sulfonamides is 1. The molecule has 0 saturated carbocycles. The van der Waals surface area contributed by atoms with Crippen molar-refractivity contribution in [2.75, 3.05) is 22.5 Å². The molecule has 8 heteroatoms. The second kappa shape index (κ2) is 11.2. The number of carbonyl (C=O) groups excluding carboxylic acids is 1. The van der Waals surface area contributed by atoms with Crippen LogP contribution in [0.1, 0.15) is 30.5 Å². The Bertz CT molecular complexity index is 1200. The van der Waals surface area contributed by atoms with Gasteiger partial charge in [-0.2, -0.15) is 0 Å². The molecule has 0 spiro atoms. The molecular formula is C26H29FN2O4S. The fourth-order valence-electron chi connectivity index (χ4n) is 3.59. The van der Waals surface area contributed by atoms with E-state index in [2.05, 4.69) is 5.32 Å². The van der Waals surface area contributed by atoms with E-state index in [1.807, 2.05) is 32.0 Å². The molecule has 6 nitrogen and oxygen atoms in total. The second-order valence-corrected chi connectivity index (χ2v) is 9.79. The van der Waals surface area contributed by atoms with Crippen LogP contribution in [0.5, 0.6) is 5.75 Å². The third kappa shape index (κ3) is 6.57. The molecular weight excluding hydrogens is 455 g/mol. The van der Waals surface area contributed by atoms with Crippen LogP contribution in [0, 0.1) is 5.82 Å². The lowest BCUT2D eigenvalue weighted by Crippen LogP contribution is -2.29. The first-order valence-electron chi connectivity index (χ1n) is 11.1. The minimum absolute atomic E-state index is 0.0678. The number of rotatable bonds is 10. The monoisotopic (exact) mass is 484 g/mol. The Labute approximate surface area is 200 Å². The van der Waals surface area contributed by atoms with Crippen molar-refractivity contribution in [3.05, 3.63) is 89.2 Å². The first-order valence-corrected chi connectivity index (χ1v) is 12.9. The van der Waals surface area contributed by atoms with Gasteiger partial charge in [-0.1, -0.05) is 44.2 Å². The van der Waals surface area contributed by atoms with Crippen molar-refractivity contribution in [1.29, 1.82) is 0 Å². The Balaban J connectivity index is 1.67. The van der Waals surface area contributed by atoms with Crippen LogP contribution in [-0.2, 0) is 34.2 Å². The highest BCUT2D eigenvalue weighted by molar-refractivity contribution is 7.92. The molecule has 0 aliphatic carbocycles. The number of hydrogen-bond donors (Lipinski definition) is 1. The van der Waals surface area contributed by atoms with E-state index in [0.29, 0.717) is 17.0 Å². The van der Waals surface area contributed by atoms with E-state index in [4.69, 9.17) is 4.74 Å². The van der Waals surface area contributed by atoms with Gasteiger partial charge in [0.05, 0.1) is 18.5 Å². The van der Waals surface area contributed by atoms with E-state index in [-0.39, 0.29) is 24.9 Å². The Kier molecular flexibility index (Phi) is 8.28. The molecule has 1 N–H and O–H groups in total. The van der Waals surface area contributed by atoms with Gasteiger partial charge < -0.3 is 10.1 Å². The molecule has 0 heterocycles. The highest BCUT2D eigenvalue weighted by Crippen LogP contribution is 2.25. The summed E-state index contributed by atoms with van der Waals surface area (Å²) < 4.78 is 44.7. The summed E-state index contributed by atoms with van der Waals surface area (Å²) in [4.78, 5) is 12.5. The summed E-state index contributed by atoms with van der Waals surface area (Å²) in [5.74, 6) is -0.216. The molecule has 0 aliphatic heterocycles. The van der Waals surface area contributed by atoms with E-state index < -0.39 is 10.0 Å². The summed E-state index contributed by atoms with van der Waals surface area (Å²) in [7, 11) is -3.58. The molecule has 0 aromatic heterocycles. The van der Waals surface area contributed by atoms with Gasteiger partial charge in [-0.3, -0.25) is 9.10 Å². The van der Waals surface area contributed by atoms with Crippen LogP contribution in [-0.4, -0.2) is 27.2 Å². The molecule has 0 atom stereocenters. The Morgan fingerprint density at radius 3 is 2.06 bits per heavy atom. The minimum atomic E-state index is -3.58. The number of anilines is 2. The highest BCUT2D eigenvalue weighted by atomic mass is 32.2. The maximum atomic E-state index is 13.2. The average Bonchev–Trinajstić information content (AvgIpc) is 2.82. The number of benzene rings is 3. The molecule has 0 fully saturated rings. The molecule has 0 radical (unpaired) electrons. The van der Waals surface area contributed by atoms with Crippen molar-refractivity contribution in [3.63, 3.8) is 0 Å². The summed E-state index contributed by atoms with van der Waals surface area (Å²) in [6.07, 6.45) is 2.73. The van der Waals surface area contributed by atoms with E-state index in [1.54, 1.807) is 36.4 Å². The number of aryl methyl sites for hydroxylation is 2. The summed E-state index contributed by atoms with van der Waals surface area (Å²) in [5.41, 5.74) is 4.06. The van der Waals surface area contributed by atoms with E-state index in [9.17, 15) is 17.6 Å². The first kappa shape index (κ1) is 25.2. The lowest BCUT2D eigenvalue weighted by Gasteiger charge is -2.23. The summed E-state index contributed by atoms with van der Waals surface area (Å²) in [5, 5.41) is 2.95. The van der Waals surface area contributed by atoms with Gasteiger partial charge in [-0.15, -0.1) is 0 Å². The van der Waals surface area contributed by atoms with Gasteiger partial charge >= 0.3 is 0 Å². The summed E-state index contributed by atoms with van der Waals surface area (Å²) in [6, 6.07) is 18.1. The Hall–Kier alpha value is -3.39. The molecule has 3 aromatic carbocycles. The Morgan fingerprint density at radius 1 is 0.941 bits per heavy atom. The zero-order valence-electron chi connectivity index (χ0n) is 19.5. The summed E-state index contributed by atoms with van der Waals surface area (Å²) in [6.45, 7) is 3.97. The van der Waals surface area contributed by atoms with E-state index in [0.717, 1.165) is 35.9 Å². The van der Waals surface area contributed by atoms with Gasteiger partial charge in [0, 0.05) is 5.69 Å². The zero-order valence-corrected chi connectivity index (χ0v) is 20.4. The van der Waals surface area contributed by atoms with Crippen LogP contribution in [0.25, 0.3) is 0 Å². The average molecular weight is 485 g/mol. The van der Waals surface area contributed by atoms with Gasteiger partial charge in [-0.05, 0) is 65.9 Å². The van der Waals surface area contributed by atoms with Gasteiger partial charge in [0.1, 0.15) is 11.6 Å². The predicted octanol–water partition coefficient (Wildman–Crippen LogP) is 4.93. The van der Waals surface area contributed by atoms with Gasteiger partial charge in [0.2, 0.25) is 10.0 Å². The molecule has 0 unspecified atom stereocenters. The number of para-hydroxylation sites is 1. The predicted molar refractivity (Wildman–Crippen MR) is 133 cm³/mol. The van der Waals surface area contributed by atoms with Crippen molar-refractivity contribution in [2.45, 2.75) is 33.2 Å². The van der Waals surface area contributed by atoms with Crippen LogP contribution in [0.2, 0.25) is 0 Å². The number of nitrogens with one attached hydrogen (secondary N) is 1. The quantitative estimate of drug-likeness (QED) is 0.443. The topological polar surface area (TPSA) is 75.7 Å². The number of amides is 1. The molecule has 34 heavy (non-hydrogen) atoms. The molecule has 0 bridgehead atoms. The molecule has 1 amide bonds. The van der Waals surface area contributed by atoms with Crippen LogP contribution in [0.15, 0.2) is 66.7 Å². The van der Waals surface area contributed by atoms with Gasteiger partial charge in [-0.25, -0.2) is 12.8 Å². The maximum absolute atomic E-state index is 13.2. The van der Waals surface area contributed by atoms with Gasteiger partial charge in [0.25, 0.3) is 5.91 Å². The van der Waals surface area contributed by atoms with Crippen molar-refractivity contribution >= 4 is 27.3 Å². The first-order chi connectivity index (χ1) is 16.2. The standard InChI is InChI=1S/C26H29FN2O4S/c1-4-20-7-6-8-21(5-2)26(20)28-25(30)18-33-24-15-13-23(14-16-24)29(34(3,31)32)17-19-9-11-22(27)12-10-19/h6-16H,4-5,17-18H2,1-3H3,(H,28,30). The zero-order chi connectivity index (χ0) is 24.7. The fourth-order valence-corrected chi connectivity index (χ4v) is 4.48. The summed E-state index contributed by atoms with van der Waals surface area (Å²) >= 11 is 0. The van der Waals surface area contributed by atoms with Crippen molar-refractivity contribution in [1.82, 2.24) is 0 Å². The van der Waals surface area contributed by atoms with Crippen LogP contribution < -0.4 is 14.4 Å². The number of ether oxygens (including phenoxy) is 1. The fraction of sp³-hybridized carbons (Fsp3) is 0.269. The van der Waals surface area contributed by atoms with E-state index >= 15 is 0 Å². The smallest absolute Gasteiger partial charge is 0.262 e. The second-order valence-electron chi connectivity index (χ2n) is 7.89. The van der Waals surface area contributed by atoms with Crippen LogP contribution in [0.3, 0.4) is 0 Å². The Morgan fingerprint density at radius 2 is 1.53 bits per heavy atom.